The highest BCUT2D eigenvalue weighted by atomic mass is 16.5. The Morgan fingerprint density at radius 2 is 2.17 bits per heavy atom. The number of nitrogens with zero attached hydrogens (tertiary/aromatic N) is 2. The first-order valence-electron chi connectivity index (χ1n) is 6.49. The Morgan fingerprint density at radius 3 is 2.94 bits per heavy atom. The van der Waals surface area contributed by atoms with Gasteiger partial charge in [0.1, 0.15) is 0 Å². The maximum Gasteiger partial charge on any atom is 0.0958 e. The van der Waals surface area contributed by atoms with Crippen molar-refractivity contribution in [2.24, 2.45) is 0 Å². The van der Waals surface area contributed by atoms with E-state index >= 15 is 0 Å². The van der Waals surface area contributed by atoms with Gasteiger partial charge in [0.25, 0.3) is 0 Å². The van der Waals surface area contributed by atoms with Gasteiger partial charge in [-0.1, -0.05) is 0 Å². The van der Waals surface area contributed by atoms with Gasteiger partial charge in [-0.3, -0.25) is 0 Å². The summed E-state index contributed by atoms with van der Waals surface area (Å²) in [6, 6.07) is 5.86. The van der Waals surface area contributed by atoms with E-state index in [0.717, 1.165) is 42.7 Å². The number of ether oxygens (including phenoxy) is 1. The third-order valence-electron chi connectivity index (χ3n) is 2.89. The van der Waals surface area contributed by atoms with Crippen LogP contribution in [0.2, 0.25) is 0 Å². The monoisotopic (exact) mass is 247 g/mol. The Kier molecular flexibility index (Phi) is 4.20. The molecule has 1 aromatic heterocycles. The van der Waals surface area contributed by atoms with E-state index in [1.54, 1.807) is 0 Å². The number of unbranched alkanes of at least 4 members (excludes halogenated alkanes) is 1. The predicted octanol–water partition coefficient (Wildman–Crippen LogP) is 2.82. The summed E-state index contributed by atoms with van der Waals surface area (Å²) in [6.07, 6.45) is 4.38. The molecule has 0 unspecified atom stereocenters. The molecule has 0 radical (unpaired) electrons. The van der Waals surface area contributed by atoms with Crippen molar-refractivity contribution in [1.82, 2.24) is 9.55 Å². The van der Waals surface area contributed by atoms with Crippen molar-refractivity contribution in [3.63, 3.8) is 0 Å². The zero-order chi connectivity index (χ0) is 13.0. The summed E-state index contributed by atoms with van der Waals surface area (Å²) in [5.41, 5.74) is 8.61. The van der Waals surface area contributed by atoms with Gasteiger partial charge in [0.2, 0.25) is 0 Å². The molecular weight excluding hydrogens is 226 g/mol. The second kappa shape index (κ2) is 5.87. The standard InChI is InChI=1S/C14H21N3O/c1-11(2)18-8-4-3-7-17-10-16-13-9-12(15)5-6-14(13)17/h5-6,9-11H,3-4,7-8,15H2,1-2H3. The molecule has 0 fully saturated rings. The molecule has 1 aromatic carbocycles. The molecular formula is C14H21N3O. The van der Waals surface area contributed by atoms with Gasteiger partial charge < -0.3 is 15.0 Å². The summed E-state index contributed by atoms with van der Waals surface area (Å²) >= 11 is 0. The quantitative estimate of drug-likeness (QED) is 0.631. The molecule has 4 heteroatoms. The largest absolute Gasteiger partial charge is 0.399 e. The molecule has 98 valence electrons. The zero-order valence-electron chi connectivity index (χ0n) is 11.1. The van der Waals surface area contributed by atoms with Crippen LogP contribution in [0.4, 0.5) is 5.69 Å². The van der Waals surface area contributed by atoms with Gasteiger partial charge in [0, 0.05) is 18.8 Å². The van der Waals surface area contributed by atoms with E-state index in [0.29, 0.717) is 6.10 Å². The van der Waals surface area contributed by atoms with E-state index in [4.69, 9.17) is 10.5 Å². The minimum Gasteiger partial charge on any atom is -0.399 e. The van der Waals surface area contributed by atoms with Crippen LogP contribution in [0.1, 0.15) is 26.7 Å². The summed E-state index contributed by atoms with van der Waals surface area (Å²) < 4.78 is 7.69. The van der Waals surface area contributed by atoms with Gasteiger partial charge in [0.15, 0.2) is 0 Å². The fourth-order valence-corrected chi connectivity index (χ4v) is 1.96. The Morgan fingerprint density at radius 1 is 1.33 bits per heavy atom. The molecule has 2 N–H and O–H groups in total. The van der Waals surface area contributed by atoms with Gasteiger partial charge in [-0.2, -0.15) is 0 Å². The molecule has 0 aliphatic carbocycles. The van der Waals surface area contributed by atoms with Gasteiger partial charge in [0.05, 0.1) is 23.5 Å². The molecule has 0 atom stereocenters. The van der Waals surface area contributed by atoms with Gasteiger partial charge in [-0.25, -0.2) is 4.98 Å². The number of hydrogen-bond acceptors (Lipinski definition) is 3. The summed E-state index contributed by atoms with van der Waals surface area (Å²) in [4.78, 5) is 4.36. The molecule has 0 aliphatic heterocycles. The summed E-state index contributed by atoms with van der Waals surface area (Å²) in [7, 11) is 0. The van der Waals surface area contributed by atoms with Crippen molar-refractivity contribution < 1.29 is 4.74 Å². The molecule has 0 aliphatic rings. The summed E-state index contributed by atoms with van der Waals surface area (Å²) in [6.45, 7) is 5.93. The van der Waals surface area contributed by atoms with E-state index in [2.05, 4.69) is 23.4 Å². The van der Waals surface area contributed by atoms with E-state index in [-0.39, 0.29) is 0 Å². The van der Waals surface area contributed by atoms with Crippen molar-refractivity contribution in [1.29, 1.82) is 0 Å². The molecule has 0 saturated heterocycles. The number of rotatable bonds is 6. The Labute approximate surface area is 108 Å². The van der Waals surface area contributed by atoms with Crippen molar-refractivity contribution in [3.8, 4) is 0 Å². The molecule has 18 heavy (non-hydrogen) atoms. The van der Waals surface area contributed by atoms with Crippen LogP contribution >= 0.6 is 0 Å². The van der Waals surface area contributed by atoms with Crippen molar-refractivity contribution >= 4 is 16.7 Å². The van der Waals surface area contributed by atoms with Crippen LogP contribution in [0, 0.1) is 0 Å². The maximum absolute atomic E-state index is 5.74. The van der Waals surface area contributed by atoms with E-state index in [1.807, 2.05) is 24.5 Å². The average molecular weight is 247 g/mol. The Balaban J connectivity index is 1.88. The SMILES string of the molecule is CC(C)OCCCCn1cnc2cc(N)ccc21. The van der Waals surface area contributed by atoms with Crippen LogP contribution in [0.5, 0.6) is 0 Å². The zero-order valence-corrected chi connectivity index (χ0v) is 11.1. The van der Waals surface area contributed by atoms with Crippen LogP contribution in [-0.4, -0.2) is 22.3 Å². The number of fused-ring (bicyclic) bond motifs is 1. The van der Waals surface area contributed by atoms with Crippen molar-refractivity contribution in [2.75, 3.05) is 12.3 Å². The number of aryl methyl sites for hydroxylation is 1. The number of hydrogen-bond donors (Lipinski definition) is 1. The lowest BCUT2D eigenvalue weighted by atomic mass is 10.2. The summed E-state index contributed by atoms with van der Waals surface area (Å²) in [5.74, 6) is 0. The number of nitrogens with two attached hydrogens (primary N) is 1. The number of benzene rings is 1. The lowest BCUT2D eigenvalue weighted by molar-refractivity contribution is 0.0755. The first kappa shape index (κ1) is 12.9. The van der Waals surface area contributed by atoms with E-state index < -0.39 is 0 Å². The maximum atomic E-state index is 5.74. The number of nitrogen functional groups attached to an aromatic ring is 1. The summed E-state index contributed by atoms with van der Waals surface area (Å²) in [5, 5.41) is 0. The lowest BCUT2D eigenvalue weighted by Crippen LogP contribution is -2.05. The van der Waals surface area contributed by atoms with E-state index in [1.165, 1.54) is 0 Å². The second-order valence-electron chi connectivity index (χ2n) is 4.81. The first-order valence-corrected chi connectivity index (χ1v) is 6.49. The van der Waals surface area contributed by atoms with E-state index in [9.17, 15) is 0 Å². The highest BCUT2D eigenvalue weighted by Crippen LogP contribution is 2.16. The Bertz CT molecular complexity index is 505. The average Bonchev–Trinajstić information content (AvgIpc) is 2.70. The highest BCUT2D eigenvalue weighted by molar-refractivity contribution is 5.78. The molecule has 1 heterocycles. The fourth-order valence-electron chi connectivity index (χ4n) is 1.96. The van der Waals surface area contributed by atoms with Gasteiger partial charge in [-0.15, -0.1) is 0 Å². The topological polar surface area (TPSA) is 53.1 Å². The molecule has 2 aromatic rings. The second-order valence-corrected chi connectivity index (χ2v) is 4.81. The minimum atomic E-state index is 0.321. The highest BCUT2D eigenvalue weighted by Gasteiger charge is 2.02. The third kappa shape index (κ3) is 3.23. The minimum absolute atomic E-state index is 0.321. The normalized spacial score (nSPS) is 11.5. The number of aromatic nitrogens is 2. The Hall–Kier alpha value is -1.55. The van der Waals surface area contributed by atoms with Crippen molar-refractivity contribution in [3.05, 3.63) is 24.5 Å². The van der Waals surface area contributed by atoms with Gasteiger partial charge >= 0.3 is 0 Å². The van der Waals surface area contributed by atoms with Gasteiger partial charge in [-0.05, 0) is 44.9 Å². The predicted molar refractivity (Wildman–Crippen MR) is 74.5 cm³/mol. The van der Waals surface area contributed by atoms with Crippen LogP contribution in [0.25, 0.3) is 11.0 Å². The number of anilines is 1. The van der Waals surface area contributed by atoms with Crippen LogP contribution in [-0.2, 0) is 11.3 Å². The fraction of sp³-hybridized carbons (Fsp3) is 0.500. The smallest absolute Gasteiger partial charge is 0.0958 e. The van der Waals surface area contributed by atoms with Crippen molar-refractivity contribution in [2.45, 2.75) is 39.3 Å². The molecule has 0 amide bonds. The first-order chi connectivity index (χ1) is 8.66. The molecule has 0 bridgehead atoms. The third-order valence-corrected chi connectivity index (χ3v) is 2.89. The molecule has 0 saturated carbocycles. The van der Waals surface area contributed by atoms with Crippen LogP contribution in [0.15, 0.2) is 24.5 Å². The molecule has 2 rings (SSSR count). The van der Waals surface area contributed by atoms with Crippen LogP contribution in [0.3, 0.4) is 0 Å². The lowest BCUT2D eigenvalue weighted by Gasteiger charge is -2.08. The number of imidazole rings is 1. The molecule has 4 nitrogen and oxygen atoms in total. The molecule has 0 spiro atoms. The van der Waals surface area contributed by atoms with Crippen LogP contribution < -0.4 is 5.73 Å².